The summed E-state index contributed by atoms with van der Waals surface area (Å²) < 4.78 is 5.11. The van der Waals surface area contributed by atoms with Crippen LogP contribution in [0.15, 0.2) is 78.9 Å². The molecule has 0 aromatic heterocycles. The molecular formula is C28H25NO3. The average molecular weight is 424 g/mol. The van der Waals surface area contributed by atoms with Crippen LogP contribution in [0, 0.1) is 13.8 Å². The van der Waals surface area contributed by atoms with Gasteiger partial charge in [-0.1, -0.05) is 54.6 Å². The quantitative estimate of drug-likeness (QED) is 0.370. The van der Waals surface area contributed by atoms with E-state index in [9.17, 15) is 9.59 Å². The molecular weight excluding hydrogens is 398 g/mol. The fourth-order valence-corrected chi connectivity index (χ4v) is 3.97. The Morgan fingerprint density at radius 3 is 2.16 bits per heavy atom. The molecule has 4 aromatic carbocycles. The van der Waals surface area contributed by atoms with Crippen molar-refractivity contribution in [3.05, 3.63) is 101 Å². The lowest BCUT2D eigenvalue weighted by atomic mass is 9.96. The molecule has 0 atom stereocenters. The number of nitrogens with one attached hydrogen (secondary N) is 1. The maximum atomic E-state index is 13.4. The zero-order valence-electron chi connectivity index (χ0n) is 18.4. The van der Waals surface area contributed by atoms with E-state index in [1.165, 1.54) is 0 Å². The third-order valence-electron chi connectivity index (χ3n) is 5.50. The molecule has 0 aliphatic rings. The SMILES string of the molecule is CCOC(=O)c1cc(C)c(NC(=O)c2cc(-c3ccccc3)cc3ccccc23)c(C)c1. The van der Waals surface area contributed by atoms with Crippen LogP contribution in [0.25, 0.3) is 21.9 Å². The summed E-state index contributed by atoms with van der Waals surface area (Å²) in [5.41, 5.74) is 5.46. The van der Waals surface area contributed by atoms with E-state index in [0.717, 1.165) is 33.0 Å². The van der Waals surface area contributed by atoms with Crippen molar-refractivity contribution < 1.29 is 14.3 Å². The van der Waals surface area contributed by atoms with Crippen LogP contribution in [0.5, 0.6) is 0 Å². The number of benzene rings is 4. The second-order valence-corrected chi connectivity index (χ2v) is 7.77. The van der Waals surface area contributed by atoms with Crippen molar-refractivity contribution >= 4 is 28.3 Å². The second kappa shape index (κ2) is 9.06. The van der Waals surface area contributed by atoms with Crippen LogP contribution in [0.1, 0.15) is 38.8 Å². The summed E-state index contributed by atoms with van der Waals surface area (Å²) in [5.74, 6) is -0.549. The standard InChI is InChI=1S/C28H25NO3/c1-4-32-28(31)23-14-18(2)26(19(3)15-23)29-27(30)25-17-22(20-10-6-5-7-11-20)16-21-12-8-9-13-24(21)25/h5-17H,4H2,1-3H3,(H,29,30). The Bertz CT molecular complexity index is 1290. The molecule has 1 N–H and O–H groups in total. The number of amides is 1. The zero-order valence-corrected chi connectivity index (χ0v) is 18.4. The number of anilines is 1. The van der Waals surface area contributed by atoms with E-state index in [1.54, 1.807) is 19.1 Å². The summed E-state index contributed by atoms with van der Waals surface area (Å²) in [6.07, 6.45) is 0. The third-order valence-corrected chi connectivity index (χ3v) is 5.50. The van der Waals surface area contributed by atoms with Gasteiger partial charge in [-0.3, -0.25) is 4.79 Å². The summed E-state index contributed by atoms with van der Waals surface area (Å²) in [6.45, 7) is 5.86. The highest BCUT2D eigenvalue weighted by Crippen LogP contribution is 2.30. The minimum atomic E-state index is -0.363. The lowest BCUT2D eigenvalue weighted by molar-refractivity contribution is 0.0526. The molecule has 4 nitrogen and oxygen atoms in total. The van der Waals surface area contributed by atoms with E-state index in [-0.39, 0.29) is 11.9 Å². The first-order valence-corrected chi connectivity index (χ1v) is 10.7. The fraction of sp³-hybridized carbons (Fsp3) is 0.143. The number of esters is 1. The van der Waals surface area contributed by atoms with Gasteiger partial charge in [0.15, 0.2) is 0 Å². The number of ether oxygens (including phenoxy) is 1. The average Bonchev–Trinajstić information content (AvgIpc) is 2.81. The first-order chi connectivity index (χ1) is 15.5. The lowest BCUT2D eigenvalue weighted by Crippen LogP contribution is -2.15. The fourth-order valence-electron chi connectivity index (χ4n) is 3.97. The number of fused-ring (bicyclic) bond motifs is 1. The van der Waals surface area contributed by atoms with E-state index >= 15 is 0 Å². The molecule has 4 heteroatoms. The van der Waals surface area contributed by atoms with Gasteiger partial charge < -0.3 is 10.1 Å². The van der Waals surface area contributed by atoms with Crippen molar-refractivity contribution in [1.82, 2.24) is 0 Å². The molecule has 4 aromatic rings. The van der Waals surface area contributed by atoms with Gasteiger partial charge in [0.1, 0.15) is 0 Å². The van der Waals surface area contributed by atoms with Gasteiger partial charge >= 0.3 is 5.97 Å². The Morgan fingerprint density at radius 1 is 0.812 bits per heavy atom. The minimum Gasteiger partial charge on any atom is -0.462 e. The Morgan fingerprint density at radius 2 is 1.47 bits per heavy atom. The number of aryl methyl sites for hydroxylation is 2. The molecule has 32 heavy (non-hydrogen) atoms. The van der Waals surface area contributed by atoms with Crippen LogP contribution in [0.3, 0.4) is 0 Å². The van der Waals surface area contributed by atoms with E-state index in [1.807, 2.05) is 74.5 Å². The van der Waals surface area contributed by atoms with Crippen LogP contribution >= 0.6 is 0 Å². The van der Waals surface area contributed by atoms with Crippen molar-refractivity contribution in [2.75, 3.05) is 11.9 Å². The van der Waals surface area contributed by atoms with Gasteiger partial charge in [-0.25, -0.2) is 4.79 Å². The number of hydrogen-bond donors (Lipinski definition) is 1. The zero-order chi connectivity index (χ0) is 22.7. The molecule has 0 spiro atoms. The molecule has 0 bridgehead atoms. The Labute approximate surface area is 187 Å². The highest BCUT2D eigenvalue weighted by atomic mass is 16.5. The minimum absolute atomic E-state index is 0.186. The van der Waals surface area contributed by atoms with E-state index in [2.05, 4.69) is 11.4 Å². The van der Waals surface area contributed by atoms with Gasteiger partial charge in [0, 0.05) is 11.3 Å². The number of carbonyl (C=O) groups excluding carboxylic acids is 2. The van der Waals surface area contributed by atoms with Crippen molar-refractivity contribution in [3.8, 4) is 11.1 Å². The summed E-state index contributed by atoms with van der Waals surface area (Å²) in [6, 6.07) is 25.4. The van der Waals surface area contributed by atoms with Crippen LogP contribution in [0.2, 0.25) is 0 Å². The Balaban J connectivity index is 1.74. The predicted octanol–water partition coefficient (Wildman–Crippen LogP) is 6.55. The molecule has 4 rings (SSSR count). The summed E-state index contributed by atoms with van der Waals surface area (Å²) >= 11 is 0. The normalized spacial score (nSPS) is 10.7. The number of hydrogen-bond acceptors (Lipinski definition) is 3. The van der Waals surface area contributed by atoms with Crippen LogP contribution in [-0.2, 0) is 4.74 Å². The first-order valence-electron chi connectivity index (χ1n) is 10.7. The molecule has 0 fully saturated rings. The molecule has 160 valence electrons. The van der Waals surface area contributed by atoms with E-state index < -0.39 is 0 Å². The first kappa shape index (κ1) is 21.3. The predicted molar refractivity (Wildman–Crippen MR) is 129 cm³/mol. The molecule has 0 aliphatic heterocycles. The van der Waals surface area contributed by atoms with Crippen LogP contribution < -0.4 is 5.32 Å². The third kappa shape index (κ3) is 4.26. The molecule has 0 heterocycles. The second-order valence-electron chi connectivity index (χ2n) is 7.77. The summed E-state index contributed by atoms with van der Waals surface area (Å²) in [7, 11) is 0. The van der Waals surface area contributed by atoms with Gasteiger partial charge in [-0.05, 0) is 78.1 Å². The highest BCUT2D eigenvalue weighted by Gasteiger charge is 2.17. The van der Waals surface area contributed by atoms with Crippen LogP contribution in [-0.4, -0.2) is 18.5 Å². The van der Waals surface area contributed by atoms with Gasteiger partial charge in [0.25, 0.3) is 5.91 Å². The van der Waals surface area contributed by atoms with Gasteiger partial charge in [-0.2, -0.15) is 0 Å². The van der Waals surface area contributed by atoms with Gasteiger partial charge in [-0.15, -0.1) is 0 Å². The molecule has 0 saturated carbocycles. The molecule has 0 saturated heterocycles. The van der Waals surface area contributed by atoms with Crippen molar-refractivity contribution in [2.24, 2.45) is 0 Å². The number of rotatable bonds is 5. The summed E-state index contributed by atoms with van der Waals surface area (Å²) in [4.78, 5) is 25.5. The molecule has 0 radical (unpaired) electrons. The topological polar surface area (TPSA) is 55.4 Å². The van der Waals surface area contributed by atoms with Gasteiger partial charge in [0.05, 0.1) is 12.2 Å². The largest absolute Gasteiger partial charge is 0.462 e. The smallest absolute Gasteiger partial charge is 0.338 e. The molecule has 0 unspecified atom stereocenters. The van der Waals surface area contributed by atoms with Crippen molar-refractivity contribution in [3.63, 3.8) is 0 Å². The lowest BCUT2D eigenvalue weighted by Gasteiger charge is -2.15. The van der Waals surface area contributed by atoms with Crippen molar-refractivity contribution in [1.29, 1.82) is 0 Å². The van der Waals surface area contributed by atoms with E-state index in [4.69, 9.17) is 4.74 Å². The number of carbonyl (C=O) groups is 2. The Kier molecular flexibility index (Phi) is 6.04. The van der Waals surface area contributed by atoms with Crippen molar-refractivity contribution in [2.45, 2.75) is 20.8 Å². The monoisotopic (exact) mass is 423 g/mol. The maximum Gasteiger partial charge on any atom is 0.338 e. The van der Waals surface area contributed by atoms with E-state index in [0.29, 0.717) is 23.4 Å². The molecule has 0 aliphatic carbocycles. The Hall–Kier alpha value is -3.92. The van der Waals surface area contributed by atoms with Gasteiger partial charge in [0.2, 0.25) is 0 Å². The maximum absolute atomic E-state index is 13.4. The summed E-state index contributed by atoms with van der Waals surface area (Å²) in [5, 5.41) is 4.97. The molecule has 1 amide bonds. The highest BCUT2D eigenvalue weighted by molar-refractivity contribution is 6.14. The van der Waals surface area contributed by atoms with Crippen LogP contribution in [0.4, 0.5) is 5.69 Å².